The van der Waals surface area contributed by atoms with E-state index in [1.807, 2.05) is 0 Å². The second kappa shape index (κ2) is 6.83. The van der Waals surface area contributed by atoms with Gasteiger partial charge in [0.2, 0.25) is 11.8 Å². The molecule has 1 aromatic carbocycles. The van der Waals surface area contributed by atoms with Crippen molar-refractivity contribution in [3.8, 4) is 11.5 Å². The minimum Gasteiger partial charge on any atom is -0.444 e. The minimum absolute atomic E-state index is 0.0189. The maximum atomic E-state index is 12.5. The number of halogens is 2. The molecule has 2 aromatic rings. The van der Waals surface area contributed by atoms with E-state index in [0.29, 0.717) is 47.7 Å². The Morgan fingerprint density at radius 3 is 2.38 bits per heavy atom. The van der Waals surface area contributed by atoms with Crippen molar-refractivity contribution in [2.24, 2.45) is 0 Å². The molecule has 6 nitrogen and oxygen atoms in total. The zero-order chi connectivity index (χ0) is 17.3. The van der Waals surface area contributed by atoms with Crippen LogP contribution >= 0.6 is 23.2 Å². The summed E-state index contributed by atoms with van der Waals surface area (Å²) >= 11 is 11.9. The predicted molar refractivity (Wildman–Crippen MR) is 90.1 cm³/mol. The number of amides is 2. The molecule has 1 aromatic heterocycles. The van der Waals surface area contributed by atoms with E-state index in [9.17, 15) is 9.59 Å². The van der Waals surface area contributed by atoms with Crippen LogP contribution in [0.25, 0.3) is 11.5 Å². The smallest absolute Gasteiger partial charge is 0.275 e. The fraction of sp³-hybridized carbons (Fsp3) is 0.312. The first kappa shape index (κ1) is 16.8. The largest absolute Gasteiger partial charge is 0.444 e. The van der Waals surface area contributed by atoms with Crippen LogP contribution in [0.5, 0.6) is 0 Å². The van der Waals surface area contributed by atoms with Crippen molar-refractivity contribution < 1.29 is 14.0 Å². The van der Waals surface area contributed by atoms with Gasteiger partial charge < -0.3 is 14.2 Å². The van der Waals surface area contributed by atoms with E-state index in [-0.39, 0.29) is 17.5 Å². The third kappa shape index (κ3) is 3.39. The average Bonchev–Trinajstić information content (AvgIpc) is 3.07. The molecule has 0 atom stereocenters. The molecule has 3 rings (SSSR count). The van der Waals surface area contributed by atoms with Crippen LogP contribution in [0.2, 0.25) is 10.0 Å². The summed E-state index contributed by atoms with van der Waals surface area (Å²) in [6.45, 7) is 3.54. The molecular formula is C16H15Cl2N3O3. The monoisotopic (exact) mass is 367 g/mol. The quantitative estimate of drug-likeness (QED) is 0.818. The van der Waals surface area contributed by atoms with Crippen LogP contribution in [-0.2, 0) is 4.79 Å². The third-order valence-electron chi connectivity index (χ3n) is 3.90. The van der Waals surface area contributed by atoms with Gasteiger partial charge >= 0.3 is 0 Å². The third-order valence-corrected chi connectivity index (χ3v) is 4.64. The van der Waals surface area contributed by atoms with E-state index in [4.69, 9.17) is 27.6 Å². The Bertz CT molecular complexity index is 783. The second-order valence-electron chi connectivity index (χ2n) is 5.47. The molecule has 0 spiro atoms. The van der Waals surface area contributed by atoms with Gasteiger partial charge in [-0.2, -0.15) is 0 Å². The van der Waals surface area contributed by atoms with Crippen LogP contribution in [0, 0.1) is 0 Å². The first-order valence-electron chi connectivity index (χ1n) is 7.41. The lowest BCUT2D eigenvalue weighted by atomic mass is 10.2. The highest BCUT2D eigenvalue weighted by Crippen LogP contribution is 2.28. The number of carbonyl (C=O) groups excluding carboxylic acids is 2. The molecule has 1 fully saturated rings. The van der Waals surface area contributed by atoms with E-state index in [0.717, 1.165) is 0 Å². The fourth-order valence-corrected chi connectivity index (χ4v) is 2.82. The van der Waals surface area contributed by atoms with Crippen molar-refractivity contribution in [2.45, 2.75) is 6.92 Å². The van der Waals surface area contributed by atoms with Crippen LogP contribution in [-0.4, -0.2) is 52.8 Å². The van der Waals surface area contributed by atoms with Crippen molar-refractivity contribution in [1.82, 2.24) is 14.8 Å². The predicted octanol–water partition coefficient (Wildman–Crippen LogP) is 2.95. The number of carbonyl (C=O) groups is 2. The molecule has 0 bridgehead atoms. The topological polar surface area (TPSA) is 66.7 Å². The maximum absolute atomic E-state index is 12.5. The lowest BCUT2D eigenvalue weighted by Gasteiger charge is -2.33. The lowest BCUT2D eigenvalue weighted by molar-refractivity contribution is -0.130. The van der Waals surface area contributed by atoms with Gasteiger partial charge in [0.05, 0.1) is 10.0 Å². The minimum atomic E-state index is -0.215. The summed E-state index contributed by atoms with van der Waals surface area (Å²) in [6, 6.07) is 5.00. The standard InChI is InChI=1S/C16H15Cl2N3O3/c1-10(22)20-4-6-21(7-5-20)16(23)14-9-24-15(19-14)11-2-3-12(17)13(18)8-11/h2-3,8-9H,4-7H2,1H3. The number of hydrogen-bond acceptors (Lipinski definition) is 4. The fourth-order valence-electron chi connectivity index (χ4n) is 2.52. The molecule has 0 N–H and O–H groups in total. The zero-order valence-electron chi connectivity index (χ0n) is 13.0. The SMILES string of the molecule is CC(=O)N1CCN(C(=O)c2coc(-c3ccc(Cl)c(Cl)c3)n2)CC1. The van der Waals surface area contributed by atoms with Crippen molar-refractivity contribution >= 4 is 35.0 Å². The van der Waals surface area contributed by atoms with E-state index < -0.39 is 0 Å². The Labute approximate surface area is 149 Å². The van der Waals surface area contributed by atoms with Crippen LogP contribution in [0.3, 0.4) is 0 Å². The van der Waals surface area contributed by atoms with Gasteiger partial charge in [-0.05, 0) is 18.2 Å². The molecule has 126 valence electrons. The molecule has 2 amide bonds. The average molecular weight is 368 g/mol. The lowest BCUT2D eigenvalue weighted by Crippen LogP contribution is -2.50. The van der Waals surface area contributed by atoms with Gasteiger partial charge in [0.25, 0.3) is 5.91 Å². The molecule has 1 aliphatic rings. The summed E-state index contributed by atoms with van der Waals surface area (Å²) in [5.74, 6) is 0.109. The van der Waals surface area contributed by atoms with E-state index in [2.05, 4.69) is 4.98 Å². The van der Waals surface area contributed by atoms with Crippen LogP contribution in [0.1, 0.15) is 17.4 Å². The Kier molecular flexibility index (Phi) is 4.78. The molecule has 24 heavy (non-hydrogen) atoms. The number of rotatable bonds is 2. The Balaban J connectivity index is 1.72. The highest BCUT2D eigenvalue weighted by molar-refractivity contribution is 6.42. The van der Waals surface area contributed by atoms with Gasteiger partial charge in [-0.3, -0.25) is 9.59 Å². The van der Waals surface area contributed by atoms with E-state index in [1.54, 1.807) is 28.0 Å². The van der Waals surface area contributed by atoms with E-state index in [1.165, 1.54) is 13.2 Å². The molecule has 0 saturated carbocycles. The number of benzene rings is 1. The Morgan fingerprint density at radius 1 is 1.08 bits per heavy atom. The molecule has 2 heterocycles. The molecule has 0 unspecified atom stereocenters. The molecule has 0 radical (unpaired) electrons. The number of aromatic nitrogens is 1. The summed E-state index contributed by atoms with van der Waals surface area (Å²) < 4.78 is 5.39. The van der Waals surface area contributed by atoms with Gasteiger partial charge in [-0.15, -0.1) is 0 Å². The number of hydrogen-bond donors (Lipinski definition) is 0. The Morgan fingerprint density at radius 2 is 1.75 bits per heavy atom. The van der Waals surface area contributed by atoms with Crippen LogP contribution in [0.4, 0.5) is 0 Å². The molecule has 1 saturated heterocycles. The van der Waals surface area contributed by atoms with Gasteiger partial charge in [0.15, 0.2) is 5.69 Å². The number of nitrogens with zero attached hydrogens (tertiary/aromatic N) is 3. The molecule has 8 heteroatoms. The summed E-state index contributed by atoms with van der Waals surface area (Å²) in [5.41, 5.74) is 0.872. The van der Waals surface area contributed by atoms with Crippen LogP contribution < -0.4 is 0 Å². The van der Waals surface area contributed by atoms with Gasteiger partial charge in [0, 0.05) is 38.7 Å². The normalized spacial score (nSPS) is 14.8. The number of piperazine rings is 1. The number of oxazole rings is 1. The Hall–Kier alpha value is -2.05. The van der Waals surface area contributed by atoms with Crippen molar-refractivity contribution in [2.75, 3.05) is 26.2 Å². The first-order chi connectivity index (χ1) is 11.5. The maximum Gasteiger partial charge on any atom is 0.275 e. The van der Waals surface area contributed by atoms with Crippen molar-refractivity contribution in [3.63, 3.8) is 0 Å². The van der Waals surface area contributed by atoms with Crippen molar-refractivity contribution in [3.05, 3.63) is 40.2 Å². The van der Waals surface area contributed by atoms with Crippen molar-refractivity contribution in [1.29, 1.82) is 0 Å². The summed E-state index contributed by atoms with van der Waals surface area (Å²) in [7, 11) is 0. The second-order valence-corrected chi connectivity index (χ2v) is 6.28. The van der Waals surface area contributed by atoms with Crippen LogP contribution in [0.15, 0.2) is 28.9 Å². The highest BCUT2D eigenvalue weighted by atomic mass is 35.5. The molecule has 0 aliphatic carbocycles. The van der Waals surface area contributed by atoms with Gasteiger partial charge in [-0.1, -0.05) is 23.2 Å². The van der Waals surface area contributed by atoms with E-state index >= 15 is 0 Å². The van der Waals surface area contributed by atoms with Gasteiger partial charge in [-0.25, -0.2) is 4.98 Å². The molecular weight excluding hydrogens is 353 g/mol. The van der Waals surface area contributed by atoms with Gasteiger partial charge in [0.1, 0.15) is 6.26 Å². The molecule has 1 aliphatic heterocycles. The first-order valence-corrected chi connectivity index (χ1v) is 8.17. The summed E-state index contributed by atoms with van der Waals surface area (Å²) in [4.78, 5) is 31.4. The highest BCUT2D eigenvalue weighted by Gasteiger charge is 2.25. The summed E-state index contributed by atoms with van der Waals surface area (Å²) in [6.07, 6.45) is 1.33. The summed E-state index contributed by atoms with van der Waals surface area (Å²) in [5, 5.41) is 0.826. The zero-order valence-corrected chi connectivity index (χ0v) is 14.5.